The number of aromatic nitrogens is 3. The number of non-ortho nitro benzene ring substituents is 1. The van der Waals surface area contributed by atoms with Crippen molar-refractivity contribution < 1.29 is 4.92 Å². The number of nitro benzene ring substituents is 1. The average Bonchev–Trinajstić information content (AvgIpc) is 3.02. The quantitative estimate of drug-likeness (QED) is 0.518. The van der Waals surface area contributed by atoms with E-state index in [1.165, 1.54) is 23.7 Å². The molecular weight excluding hydrogens is 336 g/mol. The fraction of sp³-hybridized carbons (Fsp3) is 0.333. The molecule has 0 bridgehead atoms. The maximum Gasteiger partial charge on any atom is 0.330 e. The van der Waals surface area contributed by atoms with Gasteiger partial charge in [0.25, 0.3) is 11.2 Å². The number of unbranched alkanes of at least 4 members (excludes halogenated alkanes) is 1. The zero-order chi connectivity index (χ0) is 19.0. The predicted octanol–water partition coefficient (Wildman–Crippen LogP) is 2.41. The Morgan fingerprint density at radius 2 is 1.88 bits per heavy atom. The summed E-state index contributed by atoms with van der Waals surface area (Å²) in [5.74, 6) is 0. The molecule has 0 saturated heterocycles. The molecule has 3 rings (SSSR count). The maximum atomic E-state index is 12.8. The largest absolute Gasteiger partial charge is 0.345 e. The monoisotopic (exact) mass is 356 g/mol. The number of aryl methyl sites for hydroxylation is 2. The minimum Gasteiger partial charge on any atom is -0.345 e. The van der Waals surface area contributed by atoms with Crippen LogP contribution in [0.15, 0.2) is 40.1 Å². The molecule has 2 heterocycles. The van der Waals surface area contributed by atoms with Crippen LogP contribution in [0.25, 0.3) is 22.2 Å². The van der Waals surface area contributed by atoms with E-state index in [1.807, 2.05) is 4.57 Å². The Labute approximate surface area is 149 Å². The van der Waals surface area contributed by atoms with Crippen LogP contribution in [0.2, 0.25) is 0 Å². The summed E-state index contributed by atoms with van der Waals surface area (Å²) in [4.78, 5) is 35.7. The van der Waals surface area contributed by atoms with E-state index in [9.17, 15) is 19.7 Å². The molecule has 3 aromatic rings. The van der Waals surface area contributed by atoms with E-state index in [0.29, 0.717) is 28.7 Å². The molecule has 0 aliphatic rings. The highest BCUT2D eigenvalue weighted by Crippen LogP contribution is 2.30. The molecule has 8 nitrogen and oxygen atoms in total. The molecule has 26 heavy (non-hydrogen) atoms. The fourth-order valence-corrected chi connectivity index (χ4v) is 3.17. The molecule has 0 aliphatic heterocycles. The first kappa shape index (κ1) is 17.7. The van der Waals surface area contributed by atoms with Crippen molar-refractivity contribution in [1.82, 2.24) is 13.7 Å². The van der Waals surface area contributed by atoms with Gasteiger partial charge in [-0.1, -0.05) is 25.5 Å². The van der Waals surface area contributed by atoms with Crippen LogP contribution in [0.4, 0.5) is 5.69 Å². The van der Waals surface area contributed by atoms with E-state index in [1.54, 1.807) is 25.4 Å². The van der Waals surface area contributed by atoms with Gasteiger partial charge in [-0.25, -0.2) is 4.79 Å². The van der Waals surface area contributed by atoms with Crippen LogP contribution >= 0.6 is 0 Å². The average molecular weight is 356 g/mol. The summed E-state index contributed by atoms with van der Waals surface area (Å²) in [5, 5.41) is 11.5. The molecule has 0 radical (unpaired) electrons. The summed E-state index contributed by atoms with van der Waals surface area (Å²) < 4.78 is 4.40. The molecule has 8 heteroatoms. The first-order chi connectivity index (χ1) is 12.4. The molecular formula is C18H20N4O4. The molecule has 0 aliphatic carbocycles. The third-order valence-electron chi connectivity index (χ3n) is 4.59. The van der Waals surface area contributed by atoms with Gasteiger partial charge >= 0.3 is 5.69 Å². The summed E-state index contributed by atoms with van der Waals surface area (Å²) >= 11 is 0. The van der Waals surface area contributed by atoms with Crippen LogP contribution in [-0.2, 0) is 20.6 Å². The van der Waals surface area contributed by atoms with Gasteiger partial charge in [0.1, 0.15) is 0 Å². The van der Waals surface area contributed by atoms with Crippen LogP contribution in [0, 0.1) is 10.1 Å². The van der Waals surface area contributed by atoms with Crippen LogP contribution in [-0.4, -0.2) is 18.6 Å². The van der Waals surface area contributed by atoms with Crippen LogP contribution < -0.4 is 11.2 Å². The van der Waals surface area contributed by atoms with Crippen molar-refractivity contribution in [2.75, 3.05) is 0 Å². The number of benzene rings is 1. The van der Waals surface area contributed by atoms with Gasteiger partial charge in [-0.15, -0.1) is 0 Å². The minimum absolute atomic E-state index is 0.0412. The summed E-state index contributed by atoms with van der Waals surface area (Å²) in [5.41, 5.74) is 0.867. The molecule has 1 aromatic carbocycles. The van der Waals surface area contributed by atoms with Crippen LogP contribution in [0.3, 0.4) is 0 Å². The first-order valence-electron chi connectivity index (χ1n) is 8.40. The molecule has 2 aromatic heterocycles. The lowest BCUT2D eigenvalue weighted by Crippen LogP contribution is -2.36. The predicted molar refractivity (Wildman–Crippen MR) is 99.4 cm³/mol. The Kier molecular flexibility index (Phi) is 4.50. The lowest BCUT2D eigenvalue weighted by molar-refractivity contribution is -0.384. The number of fused-ring (bicyclic) bond motifs is 1. The molecule has 0 amide bonds. The molecule has 0 spiro atoms. The standard InChI is InChI=1S/C18H20N4O4/c1-4-5-9-21-11-14-15(17(23)20(3)18(24)19(14)2)16(21)12-7-6-8-13(10-12)22(25)26/h6-8,10-11H,4-5,9H2,1-3H3. The lowest BCUT2D eigenvalue weighted by atomic mass is 10.1. The van der Waals surface area contributed by atoms with Crippen molar-refractivity contribution in [1.29, 1.82) is 0 Å². The number of rotatable bonds is 5. The Balaban J connectivity index is 2.42. The summed E-state index contributed by atoms with van der Waals surface area (Å²) in [6, 6.07) is 6.22. The van der Waals surface area contributed by atoms with E-state index in [-0.39, 0.29) is 5.69 Å². The van der Waals surface area contributed by atoms with E-state index < -0.39 is 16.2 Å². The number of nitro groups is 1. The second-order valence-electron chi connectivity index (χ2n) is 6.30. The maximum absolute atomic E-state index is 12.8. The second-order valence-corrected chi connectivity index (χ2v) is 6.30. The van der Waals surface area contributed by atoms with Gasteiger partial charge in [0.05, 0.1) is 21.5 Å². The zero-order valence-corrected chi connectivity index (χ0v) is 14.9. The van der Waals surface area contributed by atoms with E-state index in [4.69, 9.17) is 0 Å². The van der Waals surface area contributed by atoms with Gasteiger partial charge < -0.3 is 4.57 Å². The van der Waals surface area contributed by atoms with Crippen molar-refractivity contribution in [2.24, 2.45) is 14.1 Å². The number of hydrogen-bond acceptors (Lipinski definition) is 4. The molecule has 0 unspecified atom stereocenters. The molecule has 0 fully saturated rings. The Morgan fingerprint density at radius 3 is 2.54 bits per heavy atom. The third kappa shape index (κ3) is 2.73. The van der Waals surface area contributed by atoms with Crippen molar-refractivity contribution in [3.05, 3.63) is 61.4 Å². The minimum atomic E-state index is -0.459. The van der Waals surface area contributed by atoms with Crippen molar-refractivity contribution in [2.45, 2.75) is 26.3 Å². The third-order valence-corrected chi connectivity index (χ3v) is 4.59. The lowest BCUT2D eigenvalue weighted by Gasteiger charge is -2.09. The van der Waals surface area contributed by atoms with Crippen molar-refractivity contribution in [3.63, 3.8) is 0 Å². The summed E-state index contributed by atoms with van der Waals surface area (Å²) in [6.07, 6.45) is 3.62. The van der Waals surface area contributed by atoms with Crippen molar-refractivity contribution >= 4 is 16.6 Å². The van der Waals surface area contributed by atoms with Gasteiger partial charge in [0.2, 0.25) is 0 Å². The van der Waals surface area contributed by atoms with E-state index >= 15 is 0 Å². The van der Waals surface area contributed by atoms with Crippen LogP contribution in [0.1, 0.15) is 19.8 Å². The normalized spacial score (nSPS) is 11.2. The highest BCUT2D eigenvalue weighted by atomic mass is 16.6. The summed E-state index contributed by atoms with van der Waals surface area (Å²) in [6.45, 7) is 2.71. The fourth-order valence-electron chi connectivity index (χ4n) is 3.17. The number of nitrogens with zero attached hydrogens (tertiary/aromatic N) is 4. The molecule has 0 atom stereocenters. The second kappa shape index (κ2) is 6.62. The smallest absolute Gasteiger partial charge is 0.330 e. The Bertz CT molecular complexity index is 1120. The zero-order valence-electron chi connectivity index (χ0n) is 14.9. The van der Waals surface area contributed by atoms with Crippen LogP contribution in [0.5, 0.6) is 0 Å². The van der Waals surface area contributed by atoms with Gasteiger partial charge in [0.15, 0.2) is 0 Å². The van der Waals surface area contributed by atoms with Crippen molar-refractivity contribution in [3.8, 4) is 11.3 Å². The first-order valence-corrected chi connectivity index (χ1v) is 8.40. The topological polar surface area (TPSA) is 92.1 Å². The molecule has 0 saturated carbocycles. The van der Waals surface area contributed by atoms with Gasteiger partial charge in [-0.3, -0.25) is 24.0 Å². The Morgan fingerprint density at radius 1 is 1.15 bits per heavy atom. The summed E-state index contributed by atoms with van der Waals surface area (Å²) in [7, 11) is 3.05. The SMILES string of the molecule is CCCCn1cc2c(c1-c1cccc([N+](=O)[O-])c1)c(=O)n(C)c(=O)n2C. The van der Waals surface area contributed by atoms with E-state index in [2.05, 4.69) is 6.92 Å². The van der Waals surface area contributed by atoms with Gasteiger partial charge in [-0.2, -0.15) is 0 Å². The highest BCUT2D eigenvalue weighted by Gasteiger charge is 2.20. The molecule has 136 valence electrons. The molecule has 0 N–H and O–H groups in total. The van der Waals surface area contributed by atoms with Gasteiger partial charge in [-0.05, 0) is 6.42 Å². The van der Waals surface area contributed by atoms with Gasteiger partial charge in [0, 0.05) is 44.5 Å². The Hall–Kier alpha value is -3.16. The highest BCUT2D eigenvalue weighted by molar-refractivity contribution is 5.94. The number of hydrogen-bond donors (Lipinski definition) is 0. The van der Waals surface area contributed by atoms with E-state index in [0.717, 1.165) is 17.4 Å².